The molecular weight excluding hydrogens is 342 g/mol. The number of hydrogen-bond acceptors (Lipinski definition) is 4. The van der Waals surface area contributed by atoms with Crippen LogP contribution < -0.4 is 5.32 Å². The molecule has 1 aromatic rings. The quantitative estimate of drug-likeness (QED) is 0.832. The van der Waals surface area contributed by atoms with Crippen molar-refractivity contribution < 1.29 is 23.1 Å². The maximum atomic E-state index is 12.4. The molecule has 0 aromatic heterocycles. The van der Waals surface area contributed by atoms with Crippen LogP contribution in [0.2, 0.25) is 0 Å². The number of hydrogen-bond donors (Lipinski definition) is 2. The van der Waals surface area contributed by atoms with E-state index < -0.39 is 21.7 Å². The molecule has 2 unspecified atom stereocenters. The van der Waals surface area contributed by atoms with Crippen molar-refractivity contribution in [2.45, 2.75) is 32.6 Å². The van der Waals surface area contributed by atoms with Gasteiger partial charge in [-0.15, -0.1) is 0 Å². The molecule has 25 heavy (non-hydrogen) atoms. The zero-order valence-corrected chi connectivity index (χ0v) is 15.0. The minimum atomic E-state index is -2.92. The fourth-order valence-electron chi connectivity index (χ4n) is 3.61. The SMILES string of the molecule is CC(Cc1ccc(NC(=O)C2CC23CCS(=O)(=O)CC3)cc1)C(=O)O. The first-order valence-corrected chi connectivity index (χ1v) is 10.4. The summed E-state index contributed by atoms with van der Waals surface area (Å²) in [6.07, 6.45) is 2.38. The van der Waals surface area contributed by atoms with Crippen LogP contribution in [0.4, 0.5) is 5.69 Å². The van der Waals surface area contributed by atoms with Gasteiger partial charge in [0.2, 0.25) is 5.91 Å². The summed E-state index contributed by atoms with van der Waals surface area (Å²) in [4.78, 5) is 23.3. The fraction of sp³-hybridized carbons (Fsp3) is 0.556. The predicted octanol–water partition coefficient (Wildman–Crippen LogP) is 2.10. The number of anilines is 1. The molecule has 1 saturated heterocycles. The third kappa shape index (κ3) is 4.03. The molecule has 1 saturated carbocycles. The van der Waals surface area contributed by atoms with Gasteiger partial charge in [0, 0.05) is 11.6 Å². The van der Waals surface area contributed by atoms with E-state index in [0.717, 1.165) is 12.0 Å². The maximum absolute atomic E-state index is 12.4. The third-order valence-electron chi connectivity index (χ3n) is 5.51. The van der Waals surface area contributed by atoms with Gasteiger partial charge >= 0.3 is 5.97 Å². The van der Waals surface area contributed by atoms with E-state index >= 15 is 0 Å². The van der Waals surface area contributed by atoms with Gasteiger partial charge in [-0.3, -0.25) is 9.59 Å². The number of carboxylic acids is 1. The molecule has 0 bridgehead atoms. The minimum absolute atomic E-state index is 0.0500. The molecule has 1 heterocycles. The monoisotopic (exact) mass is 365 g/mol. The lowest BCUT2D eigenvalue weighted by Crippen LogP contribution is -2.28. The number of sulfone groups is 1. The fourth-order valence-corrected chi connectivity index (χ4v) is 5.25. The van der Waals surface area contributed by atoms with Gasteiger partial charge < -0.3 is 10.4 Å². The second kappa shape index (κ2) is 6.44. The van der Waals surface area contributed by atoms with Crippen molar-refractivity contribution in [2.24, 2.45) is 17.3 Å². The van der Waals surface area contributed by atoms with Crippen LogP contribution in [0.3, 0.4) is 0 Å². The Labute approximate surface area is 147 Å². The Morgan fingerprint density at radius 3 is 2.40 bits per heavy atom. The minimum Gasteiger partial charge on any atom is -0.481 e. The lowest BCUT2D eigenvalue weighted by Gasteiger charge is -2.22. The van der Waals surface area contributed by atoms with E-state index in [0.29, 0.717) is 24.9 Å². The molecule has 2 N–H and O–H groups in total. The highest BCUT2D eigenvalue weighted by atomic mass is 32.2. The van der Waals surface area contributed by atoms with Gasteiger partial charge in [0.05, 0.1) is 17.4 Å². The molecular formula is C18H23NO5S. The van der Waals surface area contributed by atoms with Crippen molar-refractivity contribution in [3.05, 3.63) is 29.8 Å². The predicted molar refractivity (Wildman–Crippen MR) is 94.0 cm³/mol. The first-order valence-electron chi connectivity index (χ1n) is 8.54. The van der Waals surface area contributed by atoms with Gasteiger partial charge in [-0.25, -0.2) is 8.42 Å². The average molecular weight is 365 g/mol. The highest BCUT2D eigenvalue weighted by Crippen LogP contribution is 2.60. The second-order valence-corrected chi connectivity index (χ2v) is 9.70. The average Bonchev–Trinajstić information content (AvgIpc) is 3.27. The van der Waals surface area contributed by atoms with Gasteiger partial charge in [-0.2, -0.15) is 0 Å². The van der Waals surface area contributed by atoms with E-state index in [1.165, 1.54) is 0 Å². The summed E-state index contributed by atoms with van der Waals surface area (Å²) < 4.78 is 23.1. The Bertz CT molecular complexity index is 770. The molecule has 2 aliphatic rings. The summed E-state index contributed by atoms with van der Waals surface area (Å²) >= 11 is 0. The van der Waals surface area contributed by atoms with E-state index in [1.54, 1.807) is 19.1 Å². The molecule has 6 nitrogen and oxygen atoms in total. The summed E-state index contributed by atoms with van der Waals surface area (Å²) in [6.45, 7) is 1.66. The standard InChI is InChI=1S/C18H23NO5S/c1-12(17(21)22)10-13-2-4-14(5-3-13)19-16(20)15-11-18(15)6-8-25(23,24)9-7-18/h2-5,12,15H,6-11H2,1H3,(H,19,20)(H,21,22). The van der Waals surface area contributed by atoms with E-state index in [9.17, 15) is 18.0 Å². The van der Waals surface area contributed by atoms with Gasteiger partial charge in [-0.05, 0) is 48.8 Å². The highest BCUT2D eigenvalue weighted by Gasteiger charge is 2.59. The summed E-state index contributed by atoms with van der Waals surface area (Å²) in [5.41, 5.74) is 1.47. The Morgan fingerprint density at radius 2 is 1.84 bits per heavy atom. The van der Waals surface area contributed by atoms with Crippen molar-refractivity contribution in [1.29, 1.82) is 0 Å². The van der Waals surface area contributed by atoms with Crippen molar-refractivity contribution in [3.63, 3.8) is 0 Å². The number of carbonyl (C=O) groups is 2. The molecule has 1 amide bonds. The summed E-state index contributed by atoms with van der Waals surface area (Å²) in [6, 6.07) is 7.21. The Kier molecular flexibility index (Phi) is 4.62. The van der Waals surface area contributed by atoms with Crippen LogP contribution >= 0.6 is 0 Å². The van der Waals surface area contributed by atoms with Crippen LogP contribution in [0.15, 0.2) is 24.3 Å². The topological polar surface area (TPSA) is 101 Å². The normalized spacial score (nSPS) is 24.4. The highest BCUT2D eigenvalue weighted by molar-refractivity contribution is 7.91. The van der Waals surface area contributed by atoms with E-state index in [2.05, 4.69) is 5.32 Å². The molecule has 136 valence electrons. The first-order chi connectivity index (χ1) is 11.7. The zero-order valence-electron chi connectivity index (χ0n) is 14.2. The lowest BCUT2D eigenvalue weighted by molar-refractivity contribution is -0.141. The van der Waals surface area contributed by atoms with Crippen molar-refractivity contribution in [3.8, 4) is 0 Å². The summed E-state index contributed by atoms with van der Waals surface area (Å²) in [7, 11) is -2.92. The molecule has 1 aliphatic heterocycles. The Hall–Kier alpha value is -1.89. The number of rotatable bonds is 5. The zero-order chi connectivity index (χ0) is 18.2. The number of carboxylic acid groups (broad SMARTS) is 1. The van der Waals surface area contributed by atoms with E-state index in [-0.39, 0.29) is 28.7 Å². The molecule has 1 aromatic carbocycles. The van der Waals surface area contributed by atoms with Gasteiger partial charge in [0.25, 0.3) is 0 Å². The summed E-state index contributed by atoms with van der Waals surface area (Å²) in [5.74, 6) is -1.05. The molecule has 2 fully saturated rings. The molecule has 1 spiro atoms. The van der Waals surface area contributed by atoms with Crippen molar-refractivity contribution >= 4 is 27.4 Å². The largest absolute Gasteiger partial charge is 0.481 e. The van der Waals surface area contributed by atoms with Crippen LogP contribution in [0.25, 0.3) is 0 Å². The Balaban J connectivity index is 1.55. The van der Waals surface area contributed by atoms with E-state index in [4.69, 9.17) is 5.11 Å². The van der Waals surface area contributed by atoms with E-state index in [1.807, 2.05) is 12.1 Å². The van der Waals surface area contributed by atoms with Crippen LogP contribution in [0, 0.1) is 17.3 Å². The maximum Gasteiger partial charge on any atom is 0.306 e. The molecule has 0 radical (unpaired) electrons. The van der Waals surface area contributed by atoms with Crippen molar-refractivity contribution in [1.82, 2.24) is 0 Å². The summed E-state index contributed by atoms with van der Waals surface area (Å²) in [5, 5.41) is 11.8. The van der Waals surface area contributed by atoms with Gasteiger partial charge in [-0.1, -0.05) is 19.1 Å². The molecule has 2 atom stereocenters. The lowest BCUT2D eigenvalue weighted by atomic mass is 9.96. The molecule has 1 aliphatic carbocycles. The van der Waals surface area contributed by atoms with Crippen LogP contribution in [0.5, 0.6) is 0 Å². The van der Waals surface area contributed by atoms with Crippen LogP contribution in [-0.2, 0) is 25.8 Å². The number of aliphatic carboxylic acids is 1. The smallest absolute Gasteiger partial charge is 0.306 e. The second-order valence-electron chi connectivity index (χ2n) is 7.40. The number of nitrogens with one attached hydrogen (secondary N) is 1. The Morgan fingerprint density at radius 1 is 1.24 bits per heavy atom. The molecule has 7 heteroatoms. The van der Waals surface area contributed by atoms with Crippen LogP contribution in [-0.4, -0.2) is 36.9 Å². The number of carbonyl (C=O) groups excluding carboxylic acids is 1. The number of benzene rings is 1. The third-order valence-corrected chi connectivity index (χ3v) is 7.17. The first kappa shape index (κ1) is 17.9. The van der Waals surface area contributed by atoms with Gasteiger partial charge in [0.15, 0.2) is 0 Å². The molecule has 3 rings (SSSR count). The van der Waals surface area contributed by atoms with Gasteiger partial charge in [0.1, 0.15) is 9.84 Å². The number of amides is 1. The van der Waals surface area contributed by atoms with Crippen molar-refractivity contribution in [2.75, 3.05) is 16.8 Å². The van der Waals surface area contributed by atoms with Crippen LogP contribution in [0.1, 0.15) is 31.7 Å².